The Morgan fingerprint density at radius 1 is 1.14 bits per heavy atom. The van der Waals surface area contributed by atoms with Crippen molar-refractivity contribution in [2.24, 2.45) is 5.92 Å². The maximum absolute atomic E-state index is 13.2. The Hall–Kier alpha value is -0.970. The summed E-state index contributed by atoms with van der Waals surface area (Å²) < 4.78 is 13.2. The molecule has 1 aliphatic heterocycles. The van der Waals surface area contributed by atoms with Crippen LogP contribution in [0, 0.1) is 11.7 Å². The van der Waals surface area contributed by atoms with Gasteiger partial charge in [0.25, 0.3) is 0 Å². The van der Waals surface area contributed by atoms with E-state index in [1.165, 1.54) is 18.6 Å². The summed E-state index contributed by atoms with van der Waals surface area (Å²) in [5, 5.41) is 11.3. The molecule has 1 aliphatic carbocycles. The maximum Gasteiger partial charge on any atom is 0.123 e. The number of likely N-dealkylation sites (N-methyl/N-ethyl adjacent to an activating group) is 1. The Balaban J connectivity index is 1.74. The lowest BCUT2D eigenvalue weighted by Crippen LogP contribution is -2.50. The second-order valence-electron chi connectivity index (χ2n) is 6.98. The second-order valence-corrected chi connectivity index (χ2v) is 6.98. The molecule has 0 aromatic heterocycles. The van der Waals surface area contributed by atoms with Crippen LogP contribution in [0.2, 0.25) is 0 Å². The van der Waals surface area contributed by atoms with E-state index < -0.39 is 5.60 Å². The lowest BCUT2D eigenvalue weighted by Gasteiger charge is -2.44. The van der Waals surface area contributed by atoms with Gasteiger partial charge < -0.3 is 14.9 Å². The van der Waals surface area contributed by atoms with Crippen LogP contribution < -0.4 is 0 Å². The summed E-state index contributed by atoms with van der Waals surface area (Å²) in [7, 11) is 2.16. The molecule has 2 unspecified atom stereocenters. The lowest BCUT2D eigenvalue weighted by atomic mass is 9.71. The molecule has 0 radical (unpaired) electrons. The zero-order valence-corrected chi connectivity index (χ0v) is 13.5. The maximum atomic E-state index is 13.2. The van der Waals surface area contributed by atoms with Gasteiger partial charge in [-0.25, -0.2) is 4.39 Å². The number of halogens is 1. The van der Waals surface area contributed by atoms with Crippen molar-refractivity contribution in [2.45, 2.75) is 31.3 Å². The van der Waals surface area contributed by atoms with Crippen LogP contribution in [0.15, 0.2) is 24.3 Å². The van der Waals surface area contributed by atoms with Gasteiger partial charge in [-0.3, -0.25) is 0 Å². The fourth-order valence-electron chi connectivity index (χ4n) is 3.93. The third kappa shape index (κ3) is 3.34. The van der Waals surface area contributed by atoms with E-state index >= 15 is 0 Å². The molecule has 1 heterocycles. The molecular weight excluding hydrogens is 279 g/mol. The standard InChI is InChI=1S/C18H27FN2O/c1-20-10-12-21(13-11-20)14-16-4-2-3-9-18(16,22)15-5-7-17(19)8-6-15/h5-8,16,22H,2-4,9-14H2,1H3. The van der Waals surface area contributed by atoms with Crippen LogP contribution in [-0.2, 0) is 5.60 Å². The average Bonchev–Trinajstić information content (AvgIpc) is 2.52. The monoisotopic (exact) mass is 306 g/mol. The Morgan fingerprint density at radius 3 is 2.50 bits per heavy atom. The molecule has 2 fully saturated rings. The van der Waals surface area contributed by atoms with Crippen LogP contribution in [-0.4, -0.2) is 54.7 Å². The van der Waals surface area contributed by atoms with Crippen LogP contribution in [0.25, 0.3) is 0 Å². The highest BCUT2D eigenvalue weighted by Crippen LogP contribution is 2.42. The number of rotatable bonds is 3. The summed E-state index contributed by atoms with van der Waals surface area (Å²) in [4.78, 5) is 4.83. The third-order valence-electron chi connectivity index (χ3n) is 5.45. The predicted octanol–water partition coefficient (Wildman–Crippen LogP) is 2.45. The van der Waals surface area contributed by atoms with Crippen molar-refractivity contribution in [3.63, 3.8) is 0 Å². The molecule has 1 aromatic carbocycles. The first kappa shape index (κ1) is 15.9. The predicted molar refractivity (Wildman–Crippen MR) is 86.2 cm³/mol. The number of hydrogen-bond donors (Lipinski definition) is 1. The second kappa shape index (κ2) is 6.65. The number of benzene rings is 1. The van der Waals surface area contributed by atoms with E-state index in [9.17, 15) is 9.50 Å². The fourth-order valence-corrected chi connectivity index (χ4v) is 3.93. The van der Waals surface area contributed by atoms with E-state index in [-0.39, 0.29) is 11.7 Å². The topological polar surface area (TPSA) is 26.7 Å². The van der Waals surface area contributed by atoms with Gasteiger partial charge >= 0.3 is 0 Å². The van der Waals surface area contributed by atoms with Gasteiger partial charge in [0.15, 0.2) is 0 Å². The molecule has 1 saturated heterocycles. The summed E-state index contributed by atoms with van der Waals surface area (Å²) >= 11 is 0. The molecule has 2 atom stereocenters. The van der Waals surface area contributed by atoms with Gasteiger partial charge in [-0.2, -0.15) is 0 Å². The third-order valence-corrected chi connectivity index (χ3v) is 5.45. The quantitative estimate of drug-likeness (QED) is 0.929. The molecule has 1 aromatic rings. The van der Waals surface area contributed by atoms with Gasteiger partial charge in [-0.1, -0.05) is 25.0 Å². The van der Waals surface area contributed by atoms with E-state index in [0.717, 1.165) is 57.5 Å². The fraction of sp³-hybridized carbons (Fsp3) is 0.667. The van der Waals surface area contributed by atoms with Gasteiger partial charge in [-0.15, -0.1) is 0 Å². The first-order valence-corrected chi connectivity index (χ1v) is 8.47. The summed E-state index contributed by atoms with van der Waals surface area (Å²) in [5.74, 6) is 0.00824. The number of aliphatic hydroxyl groups is 1. The van der Waals surface area contributed by atoms with Crippen molar-refractivity contribution >= 4 is 0 Å². The van der Waals surface area contributed by atoms with E-state index in [0.29, 0.717) is 0 Å². The lowest BCUT2D eigenvalue weighted by molar-refractivity contribution is -0.0684. The summed E-state index contributed by atoms with van der Waals surface area (Å²) in [6.45, 7) is 5.30. The molecule has 1 saturated carbocycles. The van der Waals surface area contributed by atoms with Crippen molar-refractivity contribution in [1.82, 2.24) is 9.80 Å². The highest BCUT2D eigenvalue weighted by atomic mass is 19.1. The van der Waals surface area contributed by atoms with Gasteiger partial charge in [0.05, 0.1) is 5.60 Å². The Labute approximate surface area is 132 Å². The molecule has 22 heavy (non-hydrogen) atoms. The summed E-state index contributed by atoms with van der Waals surface area (Å²) in [6.07, 6.45) is 4.08. The molecule has 0 spiro atoms. The van der Waals surface area contributed by atoms with Crippen LogP contribution in [0.1, 0.15) is 31.2 Å². The van der Waals surface area contributed by atoms with Gasteiger partial charge in [0.1, 0.15) is 5.82 Å². The molecule has 4 heteroatoms. The SMILES string of the molecule is CN1CCN(CC2CCCCC2(O)c2ccc(F)cc2)CC1. The van der Waals surface area contributed by atoms with Crippen molar-refractivity contribution < 1.29 is 9.50 Å². The summed E-state index contributed by atoms with van der Waals surface area (Å²) in [6, 6.07) is 6.46. The summed E-state index contributed by atoms with van der Waals surface area (Å²) in [5.41, 5.74) is 0.0858. The molecule has 0 bridgehead atoms. The van der Waals surface area contributed by atoms with E-state index in [2.05, 4.69) is 16.8 Å². The Bertz CT molecular complexity index is 484. The van der Waals surface area contributed by atoms with Crippen molar-refractivity contribution in [1.29, 1.82) is 0 Å². The molecule has 2 aliphatic rings. The molecule has 1 N–H and O–H groups in total. The first-order valence-electron chi connectivity index (χ1n) is 8.47. The van der Waals surface area contributed by atoms with Crippen LogP contribution in [0.5, 0.6) is 0 Å². The van der Waals surface area contributed by atoms with Crippen molar-refractivity contribution in [3.05, 3.63) is 35.6 Å². The average molecular weight is 306 g/mol. The minimum Gasteiger partial charge on any atom is -0.385 e. The zero-order valence-electron chi connectivity index (χ0n) is 13.5. The number of piperazine rings is 1. The van der Waals surface area contributed by atoms with Crippen molar-refractivity contribution in [2.75, 3.05) is 39.8 Å². The molecule has 122 valence electrons. The number of hydrogen-bond acceptors (Lipinski definition) is 3. The number of nitrogens with zero attached hydrogens (tertiary/aromatic N) is 2. The first-order chi connectivity index (χ1) is 10.6. The highest BCUT2D eigenvalue weighted by molar-refractivity contribution is 5.25. The highest BCUT2D eigenvalue weighted by Gasteiger charge is 2.41. The molecule has 3 rings (SSSR count). The normalized spacial score (nSPS) is 31.3. The van der Waals surface area contributed by atoms with Crippen LogP contribution in [0.4, 0.5) is 4.39 Å². The van der Waals surface area contributed by atoms with Gasteiger partial charge in [0.2, 0.25) is 0 Å². The molecule has 3 nitrogen and oxygen atoms in total. The zero-order chi connectivity index (χ0) is 15.6. The van der Waals surface area contributed by atoms with Gasteiger partial charge in [-0.05, 0) is 37.6 Å². The smallest absolute Gasteiger partial charge is 0.123 e. The van der Waals surface area contributed by atoms with Crippen molar-refractivity contribution in [3.8, 4) is 0 Å². The Morgan fingerprint density at radius 2 is 1.82 bits per heavy atom. The molecular formula is C18H27FN2O. The molecule has 0 amide bonds. The van der Waals surface area contributed by atoms with Crippen LogP contribution >= 0.6 is 0 Å². The minimum absolute atomic E-state index is 0.237. The largest absolute Gasteiger partial charge is 0.385 e. The van der Waals surface area contributed by atoms with E-state index in [1.54, 1.807) is 12.1 Å². The minimum atomic E-state index is -0.796. The van der Waals surface area contributed by atoms with E-state index in [4.69, 9.17) is 0 Å². The van der Waals surface area contributed by atoms with E-state index in [1.807, 2.05) is 0 Å². The Kier molecular flexibility index (Phi) is 4.81. The van der Waals surface area contributed by atoms with Gasteiger partial charge in [0, 0.05) is 38.6 Å². The van der Waals surface area contributed by atoms with Crippen LogP contribution in [0.3, 0.4) is 0 Å².